The van der Waals surface area contributed by atoms with Crippen molar-refractivity contribution in [2.75, 3.05) is 13.2 Å². The number of allylic oxidation sites excluding steroid dienone is 5. The third kappa shape index (κ3) is 6.78. The number of aryl methyl sites for hydroxylation is 1. The molecule has 1 atom stereocenters. The van der Waals surface area contributed by atoms with E-state index in [1.54, 1.807) is 42.4 Å². The predicted molar refractivity (Wildman–Crippen MR) is 122 cm³/mol. The van der Waals surface area contributed by atoms with Crippen molar-refractivity contribution in [2.24, 2.45) is 0 Å². The van der Waals surface area contributed by atoms with Crippen LogP contribution in [0.4, 0.5) is 13.2 Å². The number of nitrogens with zero attached hydrogens (tertiary/aromatic N) is 3. The number of alkyl halides is 3. The average Bonchev–Trinajstić information content (AvgIpc) is 2.78. The molecule has 0 bridgehead atoms. The van der Waals surface area contributed by atoms with Crippen molar-refractivity contribution in [3.05, 3.63) is 83.9 Å². The van der Waals surface area contributed by atoms with Crippen LogP contribution in [0.3, 0.4) is 0 Å². The number of halogens is 3. The second kappa shape index (κ2) is 11.4. The van der Waals surface area contributed by atoms with Crippen LogP contribution in [0.15, 0.2) is 72.8 Å². The Kier molecular flexibility index (Phi) is 8.96. The van der Waals surface area contributed by atoms with E-state index < -0.39 is 11.7 Å². The second-order valence-electron chi connectivity index (χ2n) is 7.42. The molecule has 5 nitrogen and oxygen atoms in total. The molecule has 0 fully saturated rings. The monoisotopic (exact) mass is 459 g/mol. The molecule has 0 aliphatic rings. The lowest BCUT2D eigenvalue weighted by atomic mass is 9.99. The van der Waals surface area contributed by atoms with E-state index in [4.69, 9.17) is 4.74 Å². The van der Waals surface area contributed by atoms with E-state index in [1.807, 2.05) is 26.8 Å². The van der Waals surface area contributed by atoms with Crippen LogP contribution in [0.5, 0.6) is 0 Å². The van der Waals surface area contributed by atoms with Crippen LogP contribution in [-0.4, -0.2) is 46.1 Å². The number of carbonyl (C=O) groups excluding carboxylic acids is 1. The van der Waals surface area contributed by atoms with E-state index in [2.05, 4.69) is 16.5 Å². The zero-order valence-corrected chi connectivity index (χ0v) is 19.2. The summed E-state index contributed by atoms with van der Waals surface area (Å²) < 4.78 is 44.0. The van der Waals surface area contributed by atoms with Gasteiger partial charge in [0.1, 0.15) is 6.61 Å². The van der Waals surface area contributed by atoms with E-state index in [1.165, 1.54) is 6.08 Å². The number of carbonyl (C=O) groups is 1. The van der Waals surface area contributed by atoms with Gasteiger partial charge in [-0.2, -0.15) is 13.2 Å². The van der Waals surface area contributed by atoms with Crippen molar-refractivity contribution in [1.82, 2.24) is 14.9 Å². The number of aromatic nitrogens is 2. The van der Waals surface area contributed by atoms with Crippen LogP contribution in [-0.2, 0) is 4.74 Å². The number of benzene rings is 1. The Morgan fingerprint density at radius 3 is 2.45 bits per heavy atom. The van der Waals surface area contributed by atoms with E-state index in [0.717, 1.165) is 17.7 Å². The summed E-state index contributed by atoms with van der Waals surface area (Å²) in [6.45, 7) is 10.9. The van der Waals surface area contributed by atoms with E-state index in [9.17, 15) is 18.0 Å². The first-order valence-electron chi connectivity index (χ1n) is 10.5. The molecule has 0 aliphatic heterocycles. The van der Waals surface area contributed by atoms with Gasteiger partial charge in [0.2, 0.25) is 0 Å². The van der Waals surface area contributed by atoms with Crippen LogP contribution in [0.2, 0.25) is 0 Å². The van der Waals surface area contributed by atoms with Crippen molar-refractivity contribution < 1.29 is 22.7 Å². The number of amides is 1. The summed E-state index contributed by atoms with van der Waals surface area (Å²) in [6.07, 6.45) is 1.66. The van der Waals surface area contributed by atoms with Gasteiger partial charge in [0.15, 0.2) is 5.82 Å². The summed E-state index contributed by atoms with van der Waals surface area (Å²) >= 11 is 0. The molecular formula is C25H28F3N3O2. The van der Waals surface area contributed by atoms with Gasteiger partial charge in [0, 0.05) is 24.5 Å². The Morgan fingerprint density at radius 2 is 1.88 bits per heavy atom. The van der Waals surface area contributed by atoms with Crippen molar-refractivity contribution in [1.29, 1.82) is 0 Å². The number of rotatable bonds is 9. The quantitative estimate of drug-likeness (QED) is 0.346. The number of likely N-dealkylation sites (N-methyl/N-ethyl adjacent to an activating group) is 1. The van der Waals surface area contributed by atoms with Gasteiger partial charge in [0.05, 0.1) is 22.9 Å². The maximum Gasteiger partial charge on any atom is 0.416 e. The third-order valence-electron chi connectivity index (χ3n) is 5.02. The van der Waals surface area contributed by atoms with Crippen LogP contribution < -0.4 is 0 Å². The van der Waals surface area contributed by atoms with Crippen molar-refractivity contribution >= 4 is 5.91 Å². The predicted octanol–water partition coefficient (Wildman–Crippen LogP) is 5.90. The molecule has 33 heavy (non-hydrogen) atoms. The highest BCUT2D eigenvalue weighted by Gasteiger charge is 2.30. The standard InChI is InChI=1S/C25H28F3N3O2/c1-6-20(25(26,27)28)13-12-19(5)33-16-18(4)31(7-2)24(32)21-11-8-10-17(3)22(21)23-29-14-9-15-30-23/h6,8-15,18H,1,7,16H2,2-5H3/b19-12+,20-13+/t18-/m0/s1. The van der Waals surface area contributed by atoms with E-state index in [-0.39, 0.29) is 18.6 Å². The molecule has 1 aromatic heterocycles. The van der Waals surface area contributed by atoms with Gasteiger partial charge in [-0.1, -0.05) is 24.8 Å². The summed E-state index contributed by atoms with van der Waals surface area (Å²) in [7, 11) is 0. The topological polar surface area (TPSA) is 55.3 Å². The first-order valence-corrected chi connectivity index (χ1v) is 10.5. The number of hydrogen-bond acceptors (Lipinski definition) is 4. The summed E-state index contributed by atoms with van der Waals surface area (Å²) in [4.78, 5) is 23.7. The highest BCUT2D eigenvalue weighted by molar-refractivity contribution is 6.01. The molecule has 0 unspecified atom stereocenters. The molecule has 0 aliphatic carbocycles. The highest BCUT2D eigenvalue weighted by atomic mass is 19.4. The molecule has 0 N–H and O–H groups in total. The number of ether oxygens (including phenoxy) is 1. The Morgan fingerprint density at radius 1 is 1.21 bits per heavy atom. The Balaban J connectivity index is 2.20. The maximum atomic E-state index is 13.4. The Bertz CT molecular complexity index is 1030. The lowest BCUT2D eigenvalue weighted by Gasteiger charge is -2.29. The molecule has 0 spiro atoms. The normalized spacial score (nSPS) is 13.4. The lowest BCUT2D eigenvalue weighted by molar-refractivity contribution is -0.0881. The summed E-state index contributed by atoms with van der Waals surface area (Å²) in [6, 6.07) is 6.81. The Labute approximate surface area is 192 Å². The zero-order chi connectivity index (χ0) is 24.6. The largest absolute Gasteiger partial charge is 0.496 e. The average molecular weight is 460 g/mol. The van der Waals surface area contributed by atoms with Gasteiger partial charge >= 0.3 is 6.18 Å². The van der Waals surface area contributed by atoms with Gasteiger partial charge in [-0.05, 0) is 57.5 Å². The van der Waals surface area contributed by atoms with Gasteiger partial charge in [-0.3, -0.25) is 4.79 Å². The molecule has 8 heteroatoms. The smallest absolute Gasteiger partial charge is 0.416 e. The molecule has 1 heterocycles. The van der Waals surface area contributed by atoms with Gasteiger partial charge in [-0.25, -0.2) is 9.97 Å². The fourth-order valence-corrected chi connectivity index (χ4v) is 3.26. The molecule has 176 valence electrons. The van der Waals surface area contributed by atoms with Crippen molar-refractivity contribution in [2.45, 2.75) is 39.9 Å². The molecule has 2 aromatic rings. The van der Waals surface area contributed by atoms with E-state index >= 15 is 0 Å². The second-order valence-corrected chi connectivity index (χ2v) is 7.42. The minimum absolute atomic E-state index is 0.119. The van der Waals surface area contributed by atoms with Crippen LogP contribution in [0.25, 0.3) is 11.4 Å². The van der Waals surface area contributed by atoms with Crippen LogP contribution in [0, 0.1) is 6.92 Å². The zero-order valence-electron chi connectivity index (χ0n) is 19.2. The molecule has 1 amide bonds. The van der Waals surface area contributed by atoms with E-state index in [0.29, 0.717) is 29.3 Å². The van der Waals surface area contributed by atoms with Crippen molar-refractivity contribution in [3.8, 4) is 11.4 Å². The summed E-state index contributed by atoms with van der Waals surface area (Å²) in [5, 5.41) is 0. The first-order chi connectivity index (χ1) is 15.6. The molecule has 0 saturated heterocycles. The minimum atomic E-state index is -4.48. The van der Waals surface area contributed by atoms with Gasteiger partial charge < -0.3 is 9.64 Å². The number of hydrogen-bond donors (Lipinski definition) is 0. The van der Waals surface area contributed by atoms with Gasteiger partial charge in [0.25, 0.3) is 5.91 Å². The van der Waals surface area contributed by atoms with Crippen LogP contribution in [0.1, 0.15) is 36.7 Å². The maximum absolute atomic E-state index is 13.4. The summed E-state index contributed by atoms with van der Waals surface area (Å²) in [5.74, 6) is 0.558. The van der Waals surface area contributed by atoms with Gasteiger partial charge in [-0.15, -0.1) is 0 Å². The third-order valence-corrected chi connectivity index (χ3v) is 5.02. The molecule has 0 radical (unpaired) electrons. The fraction of sp³-hybridized carbons (Fsp3) is 0.320. The van der Waals surface area contributed by atoms with Crippen LogP contribution >= 0.6 is 0 Å². The SMILES string of the molecule is C=C/C(=C\C=C(/C)OC[C@H](C)N(CC)C(=O)c1cccc(C)c1-c1ncccn1)C(F)(F)F. The molecule has 0 saturated carbocycles. The first kappa shape index (κ1) is 25.8. The van der Waals surface area contributed by atoms with Crippen molar-refractivity contribution in [3.63, 3.8) is 0 Å². The molecular weight excluding hydrogens is 431 g/mol. The summed E-state index contributed by atoms with van der Waals surface area (Å²) in [5.41, 5.74) is 1.16. The molecule has 1 aromatic carbocycles. The minimum Gasteiger partial charge on any atom is -0.496 e. The Hall–Kier alpha value is -3.42. The fourth-order valence-electron chi connectivity index (χ4n) is 3.26. The highest BCUT2D eigenvalue weighted by Crippen LogP contribution is 2.27. The molecule has 2 rings (SSSR count). The lowest BCUT2D eigenvalue weighted by Crippen LogP contribution is -2.41.